The second kappa shape index (κ2) is 7.85. The number of nitrogens with one attached hydrogen (secondary N) is 1. The minimum atomic E-state index is -3.61. The van der Waals surface area contributed by atoms with E-state index < -0.39 is 10.0 Å². The van der Waals surface area contributed by atoms with Crippen molar-refractivity contribution in [2.24, 2.45) is 5.92 Å². The molecule has 1 atom stereocenters. The highest BCUT2D eigenvalue weighted by Crippen LogP contribution is 2.28. The van der Waals surface area contributed by atoms with E-state index >= 15 is 0 Å². The molecule has 1 amide bonds. The molecule has 1 aromatic heterocycles. The zero-order valence-corrected chi connectivity index (χ0v) is 18.0. The van der Waals surface area contributed by atoms with Crippen molar-refractivity contribution in [3.05, 3.63) is 53.6 Å². The second-order valence-corrected chi connectivity index (χ2v) is 10.6. The van der Waals surface area contributed by atoms with Crippen molar-refractivity contribution in [1.82, 2.24) is 9.29 Å². The van der Waals surface area contributed by atoms with Crippen LogP contribution >= 0.6 is 11.3 Å². The van der Waals surface area contributed by atoms with Crippen LogP contribution in [0.2, 0.25) is 0 Å². The summed E-state index contributed by atoms with van der Waals surface area (Å²) in [7, 11) is -3.61. The summed E-state index contributed by atoms with van der Waals surface area (Å²) in [4.78, 5) is 17.3. The van der Waals surface area contributed by atoms with Crippen molar-refractivity contribution in [2.75, 3.05) is 18.4 Å². The quantitative estimate of drug-likeness (QED) is 0.671. The van der Waals surface area contributed by atoms with Crippen molar-refractivity contribution < 1.29 is 13.2 Å². The summed E-state index contributed by atoms with van der Waals surface area (Å²) in [5.74, 6) is -0.0301. The lowest BCUT2D eigenvalue weighted by atomic mass is 10.0. The molecule has 0 saturated carbocycles. The Morgan fingerprint density at radius 3 is 2.86 bits per heavy atom. The zero-order valence-electron chi connectivity index (χ0n) is 16.4. The van der Waals surface area contributed by atoms with E-state index in [1.165, 1.54) is 21.7 Å². The van der Waals surface area contributed by atoms with E-state index in [0.29, 0.717) is 29.7 Å². The lowest BCUT2D eigenvalue weighted by molar-refractivity contribution is 0.102. The van der Waals surface area contributed by atoms with E-state index in [1.54, 1.807) is 18.2 Å². The van der Waals surface area contributed by atoms with Gasteiger partial charge in [-0.3, -0.25) is 10.1 Å². The van der Waals surface area contributed by atoms with Gasteiger partial charge >= 0.3 is 0 Å². The maximum Gasteiger partial charge on any atom is 0.257 e. The van der Waals surface area contributed by atoms with E-state index in [2.05, 4.69) is 17.2 Å². The summed E-state index contributed by atoms with van der Waals surface area (Å²) in [5, 5.41) is 3.29. The van der Waals surface area contributed by atoms with Gasteiger partial charge in [0.1, 0.15) is 0 Å². The Balaban J connectivity index is 1.56. The van der Waals surface area contributed by atoms with Crippen molar-refractivity contribution in [2.45, 2.75) is 31.6 Å². The number of aromatic nitrogens is 1. The Morgan fingerprint density at radius 1 is 1.24 bits per heavy atom. The van der Waals surface area contributed by atoms with E-state index in [-0.39, 0.29) is 10.8 Å². The number of nitrogens with zero attached hydrogens (tertiary/aromatic N) is 2. The first-order valence-electron chi connectivity index (χ1n) is 9.62. The van der Waals surface area contributed by atoms with Crippen LogP contribution in [-0.4, -0.2) is 36.7 Å². The molecule has 4 rings (SSSR count). The molecular formula is C21H23N3O3S2. The number of hydrogen-bond donors (Lipinski definition) is 1. The van der Waals surface area contributed by atoms with Gasteiger partial charge in [-0.15, -0.1) is 0 Å². The first-order valence-corrected chi connectivity index (χ1v) is 11.9. The van der Waals surface area contributed by atoms with Gasteiger partial charge < -0.3 is 0 Å². The third-order valence-corrected chi connectivity index (χ3v) is 7.91. The number of fused-ring (bicyclic) bond motifs is 1. The predicted molar refractivity (Wildman–Crippen MR) is 116 cm³/mol. The molecule has 1 aliphatic rings. The van der Waals surface area contributed by atoms with Gasteiger partial charge in [0.2, 0.25) is 10.0 Å². The third kappa shape index (κ3) is 4.19. The number of rotatable bonds is 4. The minimum Gasteiger partial charge on any atom is -0.298 e. The fourth-order valence-electron chi connectivity index (χ4n) is 3.57. The SMILES string of the molecule is Cc1ccc2nc(NC(=O)c3cccc(S(=O)(=O)N4CCC[C@H](C)C4)c3)sc2c1. The fourth-order valence-corrected chi connectivity index (χ4v) is 6.17. The van der Waals surface area contributed by atoms with Gasteiger partial charge in [0.25, 0.3) is 5.91 Å². The number of piperidine rings is 1. The average molecular weight is 430 g/mol. The zero-order chi connectivity index (χ0) is 20.6. The topological polar surface area (TPSA) is 79.4 Å². The Morgan fingerprint density at radius 2 is 2.07 bits per heavy atom. The van der Waals surface area contributed by atoms with Crippen LogP contribution in [0.5, 0.6) is 0 Å². The number of thiazole rings is 1. The van der Waals surface area contributed by atoms with Gasteiger partial charge in [-0.2, -0.15) is 4.31 Å². The van der Waals surface area contributed by atoms with Crippen LogP contribution in [0.1, 0.15) is 35.7 Å². The van der Waals surface area contributed by atoms with Crippen LogP contribution in [0.25, 0.3) is 10.2 Å². The molecule has 3 aromatic rings. The number of anilines is 1. The normalized spacial score (nSPS) is 18.1. The first kappa shape index (κ1) is 20.0. The highest BCUT2D eigenvalue weighted by molar-refractivity contribution is 7.89. The molecule has 1 aliphatic heterocycles. The molecule has 1 N–H and O–H groups in total. The van der Waals surface area contributed by atoms with E-state index in [9.17, 15) is 13.2 Å². The van der Waals surface area contributed by atoms with Crippen LogP contribution in [0.15, 0.2) is 47.4 Å². The number of benzene rings is 2. The molecule has 0 unspecified atom stereocenters. The number of sulfonamides is 1. The summed E-state index contributed by atoms with van der Waals surface area (Å²) >= 11 is 1.40. The molecule has 1 saturated heterocycles. The summed E-state index contributed by atoms with van der Waals surface area (Å²) in [6.45, 7) is 5.11. The second-order valence-electron chi connectivity index (χ2n) is 7.58. The summed E-state index contributed by atoms with van der Waals surface area (Å²) in [5.41, 5.74) is 2.25. The number of carbonyl (C=O) groups excluding carboxylic acids is 1. The maximum atomic E-state index is 13.0. The highest BCUT2D eigenvalue weighted by Gasteiger charge is 2.29. The monoisotopic (exact) mass is 429 g/mol. The lowest BCUT2D eigenvalue weighted by Gasteiger charge is -2.30. The number of carbonyl (C=O) groups is 1. The molecule has 0 bridgehead atoms. The summed E-state index contributed by atoms with van der Waals surface area (Å²) < 4.78 is 28.5. The minimum absolute atomic E-state index is 0.152. The van der Waals surface area contributed by atoms with Crippen molar-refractivity contribution >= 4 is 42.6 Å². The van der Waals surface area contributed by atoms with Crippen molar-refractivity contribution in [3.8, 4) is 0 Å². The highest BCUT2D eigenvalue weighted by atomic mass is 32.2. The van der Waals surface area contributed by atoms with Crippen LogP contribution in [-0.2, 0) is 10.0 Å². The number of amides is 1. The van der Waals surface area contributed by atoms with Gasteiger partial charge in [-0.1, -0.05) is 30.4 Å². The Labute approximate surface area is 174 Å². The summed E-state index contributed by atoms with van der Waals surface area (Å²) in [6, 6.07) is 12.1. The van der Waals surface area contributed by atoms with E-state index in [4.69, 9.17) is 0 Å². The molecule has 29 heavy (non-hydrogen) atoms. The lowest BCUT2D eigenvalue weighted by Crippen LogP contribution is -2.39. The Bertz CT molecular complexity index is 1170. The van der Waals surface area contributed by atoms with Gasteiger partial charge in [0, 0.05) is 18.7 Å². The van der Waals surface area contributed by atoms with Crippen LogP contribution in [0.3, 0.4) is 0 Å². The van der Waals surface area contributed by atoms with Gasteiger partial charge in [-0.25, -0.2) is 13.4 Å². The molecule has 2 heterocycles. The van der Waals surface area contributed by atoms with Gasteiger partial charge in [0.15, 0.2) is 5.13 Å². The molecule has 2 aromatic carbocycles. The van der Waals surface area contributed by atoms with Gasteiger partial charge in [0.05, 0.1) is 15.1 Å². The third-order valence-electron chi connectivity index (χ3n) is 5.12. The molecule has 0 aliphatic carbocycles. The van der Waals surface area contributed by atoms with E-state index in [1.807, 2.05) is 25.1 Å². The first-order chi connectivity index (χ1) is 13.8. The molecule has 1 fully saturated rings. The fraction of sp³-hybridized carbons (Fsp3) is 0.333. The predicted octanol–water partition coefficient (Wildman–Crippen LogP) is 4.28. The molecule has 0 spiro atoms. The molecule has 152 valence electrons. The number of hydrogen-bond acceptors (Lipinski definition) is 5. The Kier molecular flexibility index (Phi) is 5.42. The largest absolute Gasteiger partial charge is 0.298 e. The standard InChI is InChI=1S/C21H23N3O3S2/c1-14-8-9-18-19(11-14)28-21(22-18)23-20(25)16-6-3-7-17(12-16)29(26,27)24-10-4-5-15(2)13-24/h3,6-9,11-12,15H,4-5,10,13H2,1-2H3,(H,22,23,25)/t15-/m0/s1. The van der Waals surface area contributed by atoms with Crippen LogP contribution in [0.4, 0.5) is 5.13 Å². The molecule has 0 radical (unpaired) electrons. The van der Waals surface area contributed by atoms with Crippen molar-refractivity contribution in [3.63, 3.8) is 0 Å². The summed E-state index contributed by atoms with van der Waals surface area (Å²) in [6.07, 6.45) is 1.90. The van der Waals surface area contributed by atoms with Crippen molar-refractivity contribution in [1.29, 1.82) is 0 Å². The smallest absolute Gasteiger partial charge is 0.257 e. The molecule has 6 nitrogen and oxygen atoms in total. The maximum absolute atomic E-state index is 13.0. The molecular weight excluding hydrogens is 406 g/mol. The Hall–Kier alpha value is -2.29. The molecule has 8 heteroatoms. The van der Waals surface area contributed by atoms with Crippen LogP contribution < -0.4 is 5.32 Å². The average Bonchev–Trinajstić information content (AvgIpc) is 3.09. The number of aryl methyl sites for hydroxylation is 1. The van der Waals surface area contributed by atoms with Gasteiger partial charge in [-0.05, 0) is 61.6 Å². The van der Waals surface area contributed by atoms with E-state index in [0.717, 1.165) is 28.6 Å². The van der Waals surface area contributed by atoms with Crippen LogP contribution in [0, 0.1) is 12.8 Å².